The number of rotatable bonds is 10. The predicted octanol–water partition coefficient (Wildman–Crippen LogP) is 2.30. The van der Waals surface area contributed by atoms with E-state index in [1.807, 2.05) is 6.07 Å². The minimum atomic E-state index is -2.81. The van der Waals surface area contributed by atoms with Crippen molar-refractivity contribution in [2.24, 2.45) is 0 Å². The Morgan fingerprint density at radius 2 is 2.08 bits per heavy atom. The van der Waals surface area contributed by atoms with E-state index < -0.39 is 49.1 Å². The lowest BCUT2D eigenvalue weighted by Crippen LogP contribution is -2.50. The molecule has 0 radical (unpaired) electrons. The van der Waals surface area contributed by atoms with Crippen LogP contribution in [0.15, 0.2) is 35.9 Å². The van der Waals surface area contributed by atoms with E-state index in [0.29, 0.717) is 30.7 Å². The van der Waals surface area contributed by atoms with Crippen LogP contribution in [0, 0.1) is 11.3 Å². The van der Waals surface area contributed by atoms with E-state index in [1.54, 1.807) is 43.0 Å². The number of alkyl carbamates (subject to hydrolysis) is 1. The molecule has 0 spiro atoms. The summed E-state index contributed by atoms with van der Waals surface area (Å²) in [6.07, 6.45) is 2.40. The van der Waals surface area contributed by atoms with Crippen LogP contribution >= 0.6 is 0 Å². The molecule has 0 aromatic heterocycles. The second-order valence-corrected chi connectivity index (χ2v) is 10.8. The SMILES string of the molecule is COc1cccc(C[C@H](NC(=O)OC[C@H]2CCCCN2C(=O)/C(C#N)=C/C(C)(C)N2CCC(F)(F)C2)B(O)O)c1. The first-order valence-electron chi connectivity index (χ1n) is 13.3. The number of carbonyl (C=O) groups is 2. The third-order valence-electron chi connectivity index (χ3n) is 7.38. The van der Waals surface area contributed by atoms with E-state index in [9.17, 15) is 33.7 Å². The fourth-order valence-corrected chi connectivity index (χ4v) is 5.06. The Morgan fingerprint density at radius 3 is 2.70 bits per heavy atom. The summed E-state index contributed by atoms with van der Waals surface area (Å²) in [4.78, 5) is 28.9. The number of nitriles is 1. The summed E-state index contributed by atoms with van der Waals surface area (Å²) in [5.41, 5.74) is -0.387. The average molecular weight is 562 g/mol. The average Bonchev–Trinajstić information content (AvgIpc) is 3.30. The number of piperidine rings is 1. The quantitative estimate of drug-likeness (QED) is 0.225. The highest BCUT2D eigenvalue weighted by molar-refractivity contribution is 6.43. The van der Waals surface area contributed by atoms with Crippen LogP contribution in [0.25, 0.3) is 0 Å². The minimum absolute atomic E-state index is 0.104. The number of carbonyl (C=O) groups excluding carboxylic acids is 2. The zero-order valence-electron chi connectivity index (χ0n) is 23.1. The number of nitrogens with one attached hydrogen (secondary N) is 1. The Morgan fingerprint density at radius 1 is 1.32 bits per heavy atom. The molecule has 10 nitrogen and oxygen atoms in total. The topological polar surface area (TPSA) is 135 Å². The van der Waals surface area contributed by atoms with E-state index >= 15 is 0 Å². The van der Waals surface area contributed by atoms with Gasteiger partial charge in [0.15, 0.2) is 0 Å². The lowest BCUT2D eigenvalue weighted by Gasteiger charge is -2.36. The molecule has 0 unspecified atom stereocenters. The van der Waals surface area contributed by atoms with Crippen molar-refractivity contribution in [1.82, 2.24) is 15.1 Å². The van der Waals surface area contributed by atoms with Gasteiger partial charge in [-0.25, -0.2) is 13.6 Å². The highest BCUT2D eigenvalue weighted by atomic mass is 19.3. The molecule has 0 bridgehead atoms. The molecule has 1 aromatic carbocycles. The van der Waals surface area contributed by atoms with Gasteiger partial charge in [0.25, 0.3) is 11.8 Å². The molecule has 2 atom stereocenters. The number of nitrogens with zero attached hydrogens (tertiary/aromatic N) is 3. The van der Waals surface area contributed by atoms with Crippen LogP contribution in [-0.4, -0.2) is 95.8 Å². The summed E-state index contributed by atoms with van der Waals surface area (Å²) in [6.45, 7) is 3.28. The number of halogens is 2. The largest absolute Gasteiger partial charge is 0.497 e. The Labute approximate surface area is 233 Å². The number of likely N-dealkylation sites (tertiary alicyclic amines) is 2. The van der Waals surface area contributed by atoms with Crippen molar-refractivity contribution in [2.75, 3.05) is 33.4 Å². The molecule has 2 aliphatic rings. The van der Waals surface area contributed by atoms with Crippen molar-refractivity contribution in [3.8, 4) is 11.8 Å². The molecular formula is C27H37BF2N4O6. The minimum Gasteiger partial charge on any atom is -0.497 e. The monoisotopic (exact) mass is 562 g/mol. The summed E-state index contributed by atoms with van der Waals surface area (Å²) in [5.74, 6) is -3.83. The first kappa shape index (κ1) is 31.3. The number of benzene rings is 1. The summed E-state index contributed by atoms with van der Waals surface area (Å²) >= 11 is 0. The normalized spacial score (nSPS) is 20.4. The van der Waals surface area contributed by atoms with Gasteiger partial charge in [-0.15, -0.1) is 0 Å². The molecule has 3 N–H and O–H groups in total. The Bertz CT molecular complexity index is 1130. The third-order valence-corrected chi connectivity index (χ3v) is 7.38. The number of alkyl halides is 2. The Hall–Kier alpha value is -3.21. The lowest BCUT2D eigenvalue weighted by atomic mass is 9.76. The summed E-state index contributed by atoms with van der Waals surface area (Å²) in [5, 5.41) is 31.8. The van der Waals surface area contributed by atoms with Crippen LogP contribution in [0.5, 0.6) is 5.75 Å². The van der Waals surface area contributed by atoms with Crippen LogP contribution in [-0.2, 0) is 16.0 Å². The molecule has 2 amide bonds. The first-order chi connectivity index (χ1) is 18.8. The van der Waals surface area contributed by atoms with Gasteiger partial charge in [0.2, 0.25) is 0 Å². The van der Waals surface area contributed by atoms with Crippen molar-refractivity contribution in [2.45, 2.75) is 69.4 Å². The molecule has 0 aliphatic carbocycles. The number of ether oxygens (including phenoxy) is 2. The molecule has 13 heteroatoms. The lowest BCUT2D eigenvalue weighted by molar-refractivity contribution is -0.131. The Balaban J connectivity index is 1.63. The van der Waals surface area contributed by atoms with E-state index in [0.717, 1.165) is 6.42 Å². The number of hydrogen-bond acceptors (Lipinski definition) is 8. The molecule has 2 heterocycles. The van der Waals surface area contributed by atoms with E-state index in [1.165, 1.54) is 18.1 Å². The van der Waals surface area contributed by atoms with Gasteiger partial charge >= 0.3 is 13.2 Å². The van der Waals surface area contributed by atoms with Gasteiger partial charge in [0.05, 0.1) is 25.6 Å². The predicted molar refractivity (Wildman–Crippen MR) is 143 cm³/mol. The summed E-state index contributed by atoms with van der Waals surface area (Å²) in [7, 11) is -0.342. The van der Waals surface area contributed by atoms with Gasteiger partial charge in [-0.2, -0.15) is 5.26 Å². The van der Waals surface area contributed by atoms with E-state index in [2.05, 4.69) is 5.32 Å². The highest BCUT2D eigenvalue weighted by Gasteiger charge is 2.43. The van der Waals surface area contributed by atoms with Crippen molar-refractivity contribution in [3.05, 3.63) is 41.5 Å². The van der Waals surface area contributed by atoms with Crippen molar-refractivity contribution in [1.29, 1.82) is 5.26 Å². The number of methoxy groups -OCH3 is 1. The van der Waals surface area contributed by atoms with Crippen LogP contribution in [0.1, 0.15) is 45.1 Å². The maximum atomic E-state index is 13.8. The fourth-order valence-electron chi connectivity index (χ4n) is 5.06. The fraction of sp³-hybridized carbons (Fsp3) is 0.593. The van der Waals surface area contributed by atoms with Crippen LogP contribution in [0.3, 0.4) is 0 Å². The molecule has 218 valence electrons. The number of hydrogen-bond donors (Lipinski definition) is 3. The smallest absolute Gasteiger partial charge is 0.475 e. The molecule has 0 saturated carbocycles. The molecule has 2 aliphatic heterocycles. The molecule has 1 aromatic rings. The summed E-state index contributed by atoms with van der Waals surface area (Å²) < 4.78 is 38.1. The van der Waals surface area contributed by atoms with Gasteiger partial charge < -0.3 is 29.7 Å². The molecule has 3 rings (SSSR count). The van der Waals surface area contributed by atoms with Gasteiger partial charge in [0.1, 0.15) is 24.0 Å². The van der Waals surface area contributed by atoms with Crippen LogP contribution in [0.2, 0.25) is 0 Å². The maximum absolute atomic E-state index is 13.8. The van der Waals surface area contributed by atoms with Crippen molar-refractivity contribution in [3.63, 3.8) is 0 Å². The van der Waals surface area contributed by atoms with E-state index in [-0.39, 0.29) is 31.6 Å². The number of amides is 2. The van der Waals surface area contributed by atoms with Crippen molar-refractivity contribution >= 4 is 19.1 Å². The first-order valence-corrected chi connectivity index (χ1v) is 13.3. The zero-order valence-corrected chi connectivity index (χ0v) is 23.1. The van der Waals surface area contributed by atoms with Gasteiger partial charge in [-0.3, -0.25) is 9.69 Å². The summed E-state index contributed by atoms with van der Waals surface area (Å²) in [6, 6.07) is 8.38. The molecular weight excluding hydrogens is 525 g/mol. The Kier molecular flexibility index (Phi) is 10.5. The molecule has 40 heavy (non-hydrogen) atoms. The molecule has 2 fully saturated rings. The zero-order chi connectivity index (χ0) is 29.5. The highest BCUT2D eigenvalue weighted by Crippen LogP contribution is 2.33. The van der Waals surface area contributed by atoms with Crippen LogP contribution in [0.4, 0.5) is 13.6 Å². The third kappa shape index (κ3) is 8.40. The molecule has 2 saturated heterocycles. The maximum Gasteiger partial charge on any atom is 0.475 e. The second-order valence-electron chi connectivity index (χ2n) is 10.8. The standard InChI is InChI=1S/C27H37BF2N4O6/c1-26(2,33-12-10-27(29,30)18-33)15-20(16-31)24(35)34-11-5-4-8-21(34)17-40-25(36)32-23(28(37)38)14-19-7-6-9-22(13-19)39-3/h6-7,9,13,15,21,23,37-38H,4-5,8,10-12,14,17-18H2,1-3H3,(H,32,36)/b20-15+/t21-,23+/m1/s1. The van der Waals surface area contributed by atoms with Crippen molar-refractivity contribution < 1.29 is 37.9 Å². The van der Waals surface area contributed by atoms with Gasteiger partial charge in [-0.05, 0) is 63.3 Å². The van der Waals surface area contributed by atoms with Gasteiger partial charge in [-0.1, -0.05) is 12.1 Å². The van der Waals surface area contributed by atoms with E-state index in [4.69, 9.17) is 9.47 Å². The van der Waals surface area contributed by atoms with Gasteiger partial charge in [0, 0.05) is 25.0 Å². The second kappa shape index (κ2) is 13.4. The van der Waals surface area contributed by atoms with Crippen LogP contribution < -0.4 is 10.1 Å².